The van der Waals surface area contributed by atoms with E-state index < -0.39 is 10.0 Å². The summed E-state index contributed by atoms with van der Waals surface area (Å²) in [6, 6.07) is 9.49. The third-order valence-electron chi connectivity index (χ3n) is 4.15. The van der Waals surface area contributed by atoms with Crippen molar-refractivity contribution in [1.29, 1.82) is 0 Å². The van der Waals surface area contributed by atoms with Gasteiger partial charge in [-0.1, -0.05) is 0 Å². The van der Waals surface area contributed by atoms with Crippen molar-refractivity contribution in [3.8, 4) is 11.5 Å². The number of hydrogen-bond acceptors (Lipinski definition) is 5. The van der Waals surface area contributed by atoms with Gasteiger partial charge in [-0.15, -0.1) is 0 Å². The maximum atomic E-state index is 12.7. The summed E-state index contributed by atoms with van der Waals surface area (Å²) in [6.07, 6.45) is 1.76. The lowest BCUT2D eigenvalue weighted by molar-refractivity contribution is -0.116. The number of aryl methyl sites for hydroxylation is 1. The monoisotopic (exact) mass is 376 g/mol. The van der Waals surface area contributed by atoms with Crippen LogP contribution < -0.4 is 19.5 Å². The molecule has 0 unspecified atom stereocenters. The van der Waals surface area contributed by atoms with E-state index in [1.54, 1.807) is 30.3 Å². The number of hydrogen-bond donors (Lipinski definition) is 2. The largest absolute Gasteiger partial charge is 0.493 e. The van der Waals surface area contributed by atoms with Crippen LogP contribution in [0.3, 0.4) is 0 Å². The second kappa shape index (κ2) is 7.25. The number of benzene rings is 2. The molecule has 0 bridgehead atoms. The van der Waals surface area contributed by atoms with Crippen molar-refractivity contribution in [3.05, 3.63) is 42.0 Å². The molecular weight excluding hydrogens is 356 g/mol. The van der Waals surface area contributed by atoms with Crippen molar-refractivity contribution in [2.45, 2.75) is 24.2 Å². The molecule has 0 saturated carbocycles. The molecule has 138 valence electrons. The number of methoxy groups -OCH3 is 2. The third kappa shape index (κ3) is 3.75. The van der Waals surface area contributed by atoms with Gasteiger partial charge >= 0.3 is 0 Å². The number of nitrogens with one attached hydrogen (secondary N) is 2. The summed E-state index contributed by atoms with van der Waals surface area (Å²) >= 11 is 0. The molecule has 7 nitrogen and oxygen atoms in total. The number of ether oxygens (including phenoxy) is 2. The highest BCUT2D eigenvalue weighted by molar-refractivity contribution is 7.92. The van der Waals surface area contributed by atoms with Crippen molar-refractivity contribution in [2.24, 2.45) is 0 Å². The Morgan fingerprint density at radius 3 is 2.50 bits per heavy atom. The van der Waals surface area contributed by atoms with Crippen LogP contribution in [0.5, 0.6) is 11.5 Å². The quantitative estimate of drug-likeness (QED) is 0.837. The molecular formula is C18H20N2O5S. The molecule has 1 amide bonds. The topological polar surface area (TPSA) is 93.7 Å². The van der Waals surface area contributed by atoms with Crippen LogP contribution in [-0.4, -0.2) is 28.5 Å². The fourth-order valence-corrected chi connectivity index (χ4v) is 3.93. The van der Waals surface area contributed by atoms with Crippen LogP contribution in [0.1, 0.15) is 18.4 Å². The van der Waals surface area contributed by atoms with E-state index in [-0.39, 0.29) is 10.8 Å². The van der Waals surface area contributed by atoms with E-state index in [4.69, 9.17) is 9.47 Å². The average molecular weight is 376 g/mol. The number of rotatable bonds is 5. The highest BCUT2D eigenvalue weighted by Gasteiger charge is 2.19. The number of fused-ring (bicyclic) bond motifs is 1. The zero-order valence-corrected chi connectivity index (χ0v) is 15.4. The fraction of sp³-hybridized carbons (Fsp3) is 0.278. The van der Waals surface area contributed by atoms with Gasteiger partial charge in [-0.3, -0.25) is 9.52 Å². The van der Waals surface area contributed by atoms with E-state index in [2.05, 4.69) is 10.0 Å². The first-order valence-corrected chi connectivity index (χ1v) is 9.59. The first-order chi connectivity index (χ1) is 12.4. The fourth-order valence-electron chi connectivity index (χ4n) is 2.83. The Bertz CT molecular complexity index is 941. The summed E-state index contributed by atoms with van der Waals surface area (Å²) in [6.45, 7) is 0. The van der Waals surface area contributed by atoms with Crippen LogP contribution in [0.25, 0.3) is 0 Å². The van der Waals surface area contributed by atoms with E-state index in [9.17, 15) is 13.2 Å². The van der Waals surface area contributed by atoms with Crippen molar-refractivity contribution in [2.75, 3.05) is 24.3 Å². The zero-order chi connectivity index (χ0) is 18.7. The Morgan fingerprint density at radius 2 is 1.77 bits per heavy atom. The van der Waals surface area contributed by atoms with E-state index in [0.717, 1.165) is 5.56 Å². The number of amides is 1. The first kappa shape index (κ1) is 18.1. The highest BCUT2D eigenvalue weighted by Crippen LogP contribution is 2.31. The molecule has 0 spiro atoms. The van der Waals surface area contributed by atoms with Gasteiger partial charge in [0.25, 0.3) is 10.0 Å². The lowest BCUT2D eigenvalue weighted by Crippen LogP contribution is -2.14. The second-order valence-electron chi connectivity index (χ2n) is 5.90. The minimum absolute atomic E-state index is 0.0530. The van der Waals surface area contributed by atoms with Gasteiger partial charge in [0.15, 0.2) is 11.5 Å². The average Bonchev–Trinajstić information content (AvgIpc) is 2.81. The van der Waals surface area contributed by atoms with E-state index in [1.165, 1.54) is 20.3 Å². The van der Waals surface area contributed by atoms with Crippen LogP contribution in [0.2, 0.25) is 0 Å². The Hall–Kier alpha value is -2.74. The molecule has 1 heterocycles. The van der Waals surface area contributed by atoms with Crippen LogP contribution in [-0.2, 0) is 21.2 Å². The predicted octanol–water partition coefficient (Wildman–Crippen LogP) is 2.78. The third-order valence-corrected chi connectivity index (χ3v) is 5.53. The summed E-state index contributed by atoms with van der Waals surface area (Å²) in [4.78, 5) is 11.8. The van der Waals surface area contributed by atoms with Gasteiger partial charge < -0.3 is 14.8 Å². The summed E-state index contributed by atoms with van der Waals surface area (Å²) in [5, 5.41) is 2.79. The molecule has 0 fully saturated rings. The Balaban J connectivity index is 1.89. The van der Waals surface area contributed by atoms with Gasteiger partial charge in [-0.25, -0.2) is 8.42 Å². The standard InChI is InChI=1S/C18H20N2O5S/c1-24-16-9-6-13(11-17(16)25-2)20-26(22,23)14-7-8-15-12(10-14)4-3-5-18(21)19-15/h6-11,20H,3-5H2,1-2H3,(H,19,21). The van der Waals surface area contributed by atoms with Gasteiger partial charge in [0.05, 0.1) is 24.8 Å². The summed E-state index contributed by atoms with van der Waals surface area (Å²) < 4.78 is 38.3. The molecule has 0 aromatic heterocycles. The molecule has 0 aliphatic carbocycles. The number of carbonyl (C=O) groups is 1. The number of sulfonamides is 1. The molecule has 0 atom stereocenters. The molecule has 2 N–H and O–H groups in total. The van der Waals surface area contributed by atoms with E-state index in [0.29, 0.717) is 42.1 Å². The minimum atomic E-state index is -3.78. The molecule has 8 heteroatoms. The molecule has 26 heavy (non-hydrogen) atoms. The van der Waals surface area contributed by atoms with Crippen LogP contribution in [0.4, 0.5) is 11.4 Å². The van der Waals surface area contributed by atoms with Crippen molar-refractivity contribution >= 4 is 27.3 Å². The Morgan fingerprint density at radius 1 is 1.00 bits per heavy atom. The SMILES string of the molecule is COc1ccc(NS(=O)(=O)c2ccc3c(c2)CCCC(=O)N3)cc1OC. The van der Waals surface area contributed by atoms with Crippen molar-refractivity contribution in [1.82, 2.24) is 0 Å². The molecule has 1 aliphatic heterocycles. The summed E-state index contributed by atoms with van der Waals surface area (Å²) in [7, 11) is -0.783. The maximum Gasteiger partial charge on any atom is 0.261 e. The summed E-state index contributed by atoms with van der Waals surface area (Å²) in [5.41, 5.74) is 1.84. The second-order valence-corrected chi connectivity index (χ2v) is 7.58. The molecule has 2 aromatic rings. The highest BCUT2D eigenvalue weighted by atomic mass is 32.2. The Kier molecular flexibility index (Phi) is 5.03. The maximum absolute atomic E-state index is 12.7. The van der Waals surface area contributed by atoms with E-state index in [1.807, 2.05) is 0 Å². The predicted molar refractivity (Wildman–Crippen MR) is 98.4 cm³/mol. The van der Waals surface area contributed by atoms with Crippen LogP contribution in [0, 0.1) is 0 Å². The molecule has 0 radical (unpaired) electrons. The Labute approximate surface area is 152 Å². The van der Waals surface area contributed by atoms with Crippen LogP contribution >= 0.6 is 0 Å². The minimum Gasteiger partial charge on any atom is -0.493 e. The van der Waals surface area contributed by atoms with Gasteiger partial charge in [-0.2, -0.15) is 0 Å². The van der Waals surface area contributed by atoms with Gasteiger partial charge in [0.2, 0.25) is 5.91 Å². The first-order valence-electron chi connectivity index (χ1n) is 8.10. The van der Waals surface area contributed by atoms with Crippen molar-refractivity contribution < 1.29 is 22.7 Å². The van der Waals surface area contributed by atoms with E-state index >= 15 is 0 Å². The number of carbonyl (C=O) groups excluding carboxylic acids is 1. The zero-order valence-electron chi connectivity index (χ0n) is 14.5. The van der Waals surface area contributed by atoms with Crippen LogP contribution in [0.15, 0.2) is 41.3 Å². The molecule has 1 aliphatic rings. The normalized spacial score (nSPS) is 14.0. The molecule has 2 aromatic carbocycles. The number of anilines is 2. The molecule has 0 saturated heterocycles. The lowest BCUT2D eigenvalue weighted by atomic mass is 10.1. The molecule has 3 rings (SSSR count). The lowest BCUT2D eigenvalue weighted by Gasteiger charge is -2.13. The van der Waals surface area contributed by atoms with Gasteiger partial charge in [0.1, 0.15) is 0 Å². The smallest absolute Gasteiger partial charge is 0.261 e. The van der Waals surface area contributed by atoms with Crippen molar-refractivity contribution in [3.63, 3.8) is 0 Å². The van der Waals surface area contributed by atoms with Gasteiger partial charge in [-0.05, 0) is 48.7 Å². The summed E-state index contributed by atoms with van der Waals surface area (Å²) in [5.74, 6) is 0.886. The van der Waals surface area contributed by atoms with Gasteiger partial charge in [0, 0.05) is 18.2 Å².